The Morgan fingerprint density at radius 2 is 1.95 bits per heavy atom. The lowest BCUT2D eigenvalue weighted by Crippen LogP contribution is -2.10. The maximum Gasteiger partial charge on any atom is 0.156 e. The summed E-state index contributed by atoms with van der Waals surface area (Å²) in [6.45, 7) is -0.142. The smallest absolute Gasteiger partial charge is 0.156 e. The molecule has 0 atom stereocenters. The number of benzene rings is 1. The summed E-state index contributed by atoms with van der Waals surface area (Å²) >= 11 is 1.33. The van der Waals surface area contributed by atoms with Gasteiger partial charge in [0, 0.05) is 17.6 Å². The van der Waals surface area contributed by atoms with Gasteiger partial charge in [-0.3, -0.25) is 0 Å². The molecule has 0 aliphatic heterocycles. The molecule has 0 fully saturated rings. The predicted octanol–water partition coefficient (Wildman–Crippen LogP) is 2.25. The molecule has 20 heavy (non-hydrogen) atoms. The Kier molecular flexibility index (Phi) is 4.85. The summed E-state index contributed by atoms with van der Waals surface area (Å²) in [6, 6.07) is 5.90. The molecule has 4 nitrogen and oxygen atoms in total. The first-order valence-corrected chi connectivity index (χ1v) is 8.72. The van der Waals surface area contributed by atoms with Gasteiger partial charge in [-0.1, -0.05) is 0 Å². The highest BCUT2D eigenvalue weighted by atomic mass is 32.2. The fraction of sp³-hybridized carbons (Fsp3) is 0.308. The van der Waals surface area contributed by atoms with E-state index in [1.54, 1.807) is 17.5 Å². The van der Waals surface area contributed by atoms with Crippen LogP contribution < -0.4 is 0 Å². The van der Waals surface area contributed by atoms with Crippen LogP contribution in [0.15, 0.2) is 29.6 Å². The minimum atomic E-state index is -3.25. The van der Waals surface area contributed by atoms with Gasteiger partial charge in [0.2, 0.25) is 0 Å². The van der Waals surface area contributed by atoms with E-state index in [-0.39, 0.29) is 30.4 Å². The molecule has 0 spiro atoms. The van der Waals surface area contributed by atoms with Crippen molar-refractivity contribution in [1.82, 2.24) is 4.98 Å². The van der Waals surface area contributed by atoms with Crippen molar-refractivity contribution in [2.75, 3.05) is 12.4 Å². The summed E-state index contributed by atoms with van der Waals surface area (Å²) in [7, 11) is -3.25. The van der Waals surface area contributed by atoms with E-state index >= 15 is 0 Å². The number of nitrogens with zero attached hydrogens (tertiary/aromatic N) is 1. The molecule has 0 saturated carbocycles. The number of halogens is 1. The van der Waals surface area contributed by atoms with Crippen molar-refractivity contribution in [3.05, 3.63) is 41.2 Å². The van der Waals surface area contributed by atoms with E-state index in [0.29, 0.717) is 10.7 Å². The average molecular weight is 315 g/mol. The van der Waals surface area contributed by atoms with Gasteiger partial charge in [0.15, 0.2) is 9.84 Å². The molecule has 0 radical (unpaired) electrons. The molecule has 1 aromatic carbocycles. The summed E-state index contributed by atoms with van der Waals surface area (Å²) in [5, 5.41) is 11.0. The normalized spacial score (nSPS) is 11.7. The van der Waals surface area contributed by atoms with Crippen LogP contribution in [-0.2, 0) is 15.6 Å². The monoisotopic (exact) mass is 315 g/mol. The van der Waals surface area contributed by atoms with Gasteiger partial charge >= 0.3 is 0 Å². The molecule has 0 amide bonds. The van der Waals surface area contributed by atoms with Crippen LogP contribution in [0.25, 0.3) is 10.6 Å². The van der Waals surface area contributed by atoms with Crippen LogP contribution in [-0.4, -0.2) is 30.9 Å². The van der Waals surface area contributed by atoms with Crippen LogP contribution in [0.1, 0.15) is 12.1 Å². The third kappa shape index (κ3) is 4.09. The van der Waals surface area contributed by atoms with Gasteiger partial charge in [-0.15, -0.1) is 11.3 Å². The van der Waals surface area contributed by atoms with Crippen molar-refractivity contribution in [2.24, 2.45) is 0 Å². The number of aliphatic hydroxyl groups excluding tert-OH is 1. The van der Waals surface area contributed by atoms with E-state index in [1.807, 2.05) is 0 Å². The van der Waals surface area contributed by atoms with E-state index in [4.69, 9.17) is 5.11 Å². The zero-order valence-electron chi connectivity index (χ0n) is 10.6. The van der Waals surface area contributed by atoms with Crippen LogP contribution in [0.2, 0.25) is 0 Å². The van der Waals surface area contributed by atoms with Gasteiger partial charge in [-0.05, 0) is 30.7 Å². The van der Waals surface area contributed by atoms with Crippen molar-refractivity contribution >= 4 is 21.2 Å². The van der Waals surface area contributed by atoms with Gasteiger partial charge in [0.25, 0.3) is 0 Å². The molecule has 1 aromatic heterocycles. The van der Waals surface area contributed by atoms with Crippen LogP contribution in [0.3, 0.4) is 0 Å². The molecular formula is C13H14FNO3S2. The SMILES string of the molecule is O=S(=O)(CCCO)Cc1csc(-c2ccc(F)cc2)n1. The molecule has 1 N–H and O–H groups in total. The van der Waals surface area contributed by atoms with Crippen molar-refractivity contribution < 1.29 is 17.9 Å². The highest BCUT2D eigenvalue weighted by molar-refractivity contribution is 7.90. The largest absolute Gasteiger partial charge is 0.396 e. The summed E-state index contributed by atoms with van der Waals surface area (Å²) in [6.07, 6.45) is 0.233. The Bertz CT molecular complexity index is 665. The fourth-order valence-corrected chi connectivity index (χ4v) is 3.92. The highest BCUT2D eigenvalue weighted by Gasteiger charge is 2.14. The molecular weight excluding hydrogens is 301 g/mol. The lowest BCUT2D eigenvalue weighted by Gasteiger charge is -2.00. The van der Waals surface area contributed by atoms with E-state index in [1.165, 1.54) is 23.5 Å². The molecule has 0 saturated heterocycles. The van der Waals surface area contributed by atoms with Crippen molar-refractivity contribution in [3.8, 4) is 10.6 Å². The number of hydrogen-bond acceptors (Lipinski definition) is 5. The number of sulfone groups is 1. The number of rotatable bonds is 6. The predicted molar refractivity (Wildman–Crippen MR) is 76.7 cm³/mol. The summed E-state index contributed by atoms with van der Waals surface area (Å²) in [5.41, 5.74) is 1.24. The second-order valence-corrected chi connectivity index (χ2v) is 7.36. The first-order chi connectivity index (χ1) is 9.50. The quantitative estimate of drug-likeness (QED) is 0.888. The first-order valence-electron chi connectivity index (χ1n) is 6.02. The van der Waals surface area contributed by atoms with Crippen molar-refractivity contribution in [2.45, 2.75) is 12.2 Å². The zero-order valence-corrected chi connectivity index (χ0v) is 12.3. The van der Waals surface area contributed by atoms with Gasteiger partial charge in [-0.2, -0.15) is 0 Å². The second kappa shape index (κ2) is 6.43. The zero-order chi connectivity index (χ0) is 14.6. The minimum absolute atomic E-state index is 0.0487. The number of hydrogen-bond donors (Lipinski definition) is 1. The van der Waals surface area contributed by atoms with Crippen LogP contribution in [0.4, 0.5) is 4.39 Å². The van der Waals surface area contributed by atoms with E-state index < -0.39 is 9.84 Å². The third-order valence-corrected chi connectivity index (χ3v) is 5.21. The van der Waals surface area contributed by atoms with Crippen molar-refractivity contribution in [1.29, 1.82) is 0 Å². The van der Waals surface area contributed by atoms with E-state index in [9.17, 15) is 12.8 Å². The molecule has 2 aromatic rings. The standard InChI is InChI=1S/C13H14FNO3S2/c14-11-4-2-10(3-5-11)13-15-12(8-19-13)9-20(17,18)7-1-6-16/h2-5,8,16H,1,6-7,9H2. The maximum absolute atomic E-state index is 12.8. The Morgan fingerprint density at radius 1 is 1.25 bits per heavy atom. The van der Waals surface area contributed by atoms with Gasteiger partial charge in [0.1, 0.15) is 10.8 Å². The number of thiazole rings is 1. The fourth-order valence-electron chi connectivity index (χ4n) is 1.68. The minimum Gasteiger partial charge on any atom is -0.396 e. The lowest BCUT2D eigenvalue weighted by molar-refractivity contribution is 0.295. The van der Waals surface area contributed by atoms with Gasteiger partial charge < -0.3 is 5.11 Å². The Hall–Kier alpha value is -1.31. The van der Waals surface area contributed by atoms with Gasteiger partial charge in [-0.25, -0.2) is 17.8 Å². The highest BCUT2D eigenvalue weighted by Crippen LogP contribution is 2.24. The van der Waals surface area contributed by atoms with Gasteiger partial charge in [0.05, 0.1) is 17.2 Å². The molecule has 0 aliphatic rings. The second-order valence-electron chi connectivity index (χ2n) is 4.32. The lowest BCUT2D eigenvalue weighted by atomic mass is 10.2. The molecule has 0 unspecified atom stereocenters. The van der Waals surface area contributed by atoms with Crippen LogP contribution in [0, 0.1) is 5.82 Å². The summed E-state index contributed by atoms with van der Waals surface area (Å²) in [5.74, 6) is -0.505. The molecule has 7 heteroatoms. The Morgan fingerprint density at radius 3 is 2.60 bits per heavy atom. The maximum atomic E-state index is 12.8. The number of aliphatic hydroxyl groups is 1. The topological polar surface area (TPSA) is 67.3 Å². The van der Waals surface area contributed by atoms with Crippen molar-refractivity contribution in [3.63, 3.8) is 0 Å². The summed E-state index contributed by atoms with van der Waals surface area (Å²) < 4.78 is 36.3. The van der Waals surface area contributed by atoms with E-state index in [0.717, 1.165) is 5.56 Å². The number of aromatic nitrogens is 1. The molecule has 0 bridgehead atoms. The Balaban J connectivity index is 2.11. The molecule has 2 rings (SSSR count). The summed E-state index contributed by atoms with van der Waals surface area (Å²) in [4.78, 5) is 4.26. The third-order valence-electron chi connectivity index (χ3n) is 2.62. The first kappa shape index (κ1) is 15.1. The van der Waals surface area contributed by atoms with Crippen LogP contribution in [0.5, 0.6) is 0 Å². The Labute approximate surface area is 120 Å². The average Bonchev–Trinajstić information content (AvgIpc) is 2.85. The molecule has 108 valence electrons. The molecule has 0 aliphatic carbocycles. The molecule has 1 heterocycles. The van der Waals surface area contributed by atoms with E-state index in [2.05, 4.69) is 4.98 Å². The van der Waals surface area contributed by atoms with Crippen LogP contribution >= 0.6 is 11.3 Å².